The predicted molar refractivity (Wildman–Crippen MR) is 119 cm³/mol. The average Bonchev–Trinajstić information content (AvgIpc) is 3.37. The minimum atomic E-state index is -0.193. The standard InChI is InChI=1S/C27H46O2/c1-4-5-6-7-8-9-10-19-11-12-21-20-13-18-27-24(29-27)23(28)15-17-26(27,3)22(20)14-16-25(19,21)2/h19-24,28H,4-18H2,1-3H3/t19-,20-,21-,22-,23?,24?,25+,26+,27?/m0/s1. The molecule has 1 aliphatic heterocycles. The first-order chi connectivity index (χ1) is 14.0. The summed E-state index contributed by atoms with van der Waals surface area (Å²) in [5.41, 5.74) is 0.998. The van der Waals surface area contributed by atoms with Gasteiger partial charge < -0.3 is 9.84 Å². The van der Waals surface area contributed by atoms with Crippen LogP contribution in [0.5, 0.6) is 0 Å². The molecule has 0 aromatic rings. The molecule has 5 aliphatic rings. The Morgan fingerprint density at radius 2 is 1.62 bits per heavy atom. The van der Waals surface area contributed by atoms with Crippen molar-refractivity contribution in [3.8, 4) is 0 Å². The quantitative estimate of drug-likeness (QED) is 0.371. The number of unbranched alkanes of at least 4 members (excludes halogenated alkanes) is 5. The van der Waals surface area contributed by atoms with Crippen LogP contribution in [-0.2, 0) is 4.74 Å². The molecule has 4 saturated carbocycles. The number of aliphatic hydroxyl groups is 1. The van der Waals surface area contributed by atoms with E-state index in [1.807, 2.05) is 0 Å². The van der Waals surface area contributed by atoms with Gasteiger partial charge in [-0.15, -0.1) is 0 Å². The number of epoxide rings is 1. The SMILES string of the molecule is CCCCCCCC[C@H]1CC[C@H]2[C@@H]3CCC45OC4C(O)CC[C@]5(C)[C@H]3CC[C@]12C. The summed E-state index contributed by atoms with van der Waals surface area (Å²) in [6.07, 6.45) is 20.7. The van der Waals surface area contributed by atoms with Crippen LogP contribution in [0, 0.1) is 34.5 Å². The fraction of sp³-hybridized carbons (Fsp3) is 1.00. The topological polar surface area (TPSA) is 32.8 Å². The van der Waals surface area contributed by atoms with E-state index in [0.717, 1.165) is 30.1 Å². The lowest BCUT2D eigenvalue weighted by Crippen LogP contribution is -2.58. The summed E-state index contributed by atoms with van der Waals surface area (Å²) in [6.45, 7) is 7.56. The molecule has 29 heavy (non-hydrogen) atoms. The van der Waals surface area contributed by atoms with Gasteiger partial charge in [-0.25, -0.2) is 0 Å². The van der Waals surface area contributed by atoms with Crippen LogP contribution in [-0.4, -0.2) is 22.9 Å². The van der Waals surface area contributed by atoms with Gasteiger partial charge in [0.15, 0.2) is 0 Å². The number of aliphatic hydroxyl groups excluding tert-OH is 1. The summed E-state index contributed by atoms with van der Waals surface area (Å²) >= 11 is 0. The molecule has 1 heterocycles. The summed E-state index contributed by atoms with van der Waals surface area (Å²) < 4.78 is 6.33. The Kier molecular flexibility index (Phi) is 5.38. The van der Waals surface area contributed by atoms with Gasteiger partial charge >= 0.3 is 0 Å². The van der Waals surface area contributed by atoms with Crippen LogP contribution in [0.4, 0.5) is 0 Å². The van der Waals surface area contributed by atoms with Gasteiger partial charge in [-0.1, -0.05) is 59.3 Å². The smallest absolute Gasteiger partial charge is 0.114 e. The van der Waals surface area contributed by atoms with E-state index in [2.05, 4.69) is 20.8 Å². The van der Waals surface area contributed by atoms with Crippen LogP contribution in [0.15, 0.2) is 0 Å². The Labute approximate surface area is 179 Å². The summed E-state index contributed by atoms with van der Waals surface area (Å²) in [6, 6.07) is 0. The molecule has 5 fully saturated rings. The van der Waals surface area contributed by atoms with Crippen LogP contribution in [0.2, 0.25) is 0 Å². The highest BCUT2D eigenvalue weighted by Crippen LogP contribution is 2.73. The number of ether oxygens (including phenoxy) is 1. The highest BCUT2D eigenvalue weighted by Gasteiger charge is 2.76. The minimum absolute atomic E-state index is 0.0517. The summed E-state index contributed by atoms with van der Waals surface area (Å²) in [5.74, 6) is 3.73. The Bertz CT molecular complexity index is 603. The normalized spacial score (nSPS) is 53.0. The van der Waals surface area contributed by atoms with Gasteiger partial charge in [-0.2, -0.15) is 0 Å². The molecule has 2 nitrogen and oxygen atoms in total. The van der Waals surface area contributed by atoms with Crippen molar-refractivity contribution in [1.29, 1.82) is 0 Å². The highest BCUT2D eigenvalue weighted by molar-refractivity contribution is 5.24. The van der Waals surface area contributed by atoms with Crippen LogP contribution >= 0.6 is 0 Å². The van der Waals surface area contributed by atoms with Crippen LogP contribution in [0.1, 0.15) is 117 Å². The lowest BCUT2D eigenvalue weighted by molar-refractivity contribution is -0.117. The molecule has 1 N–H and O–H groups in total. The maximum atomic E-state index is 10.4. The predicted octanol–water partition coefficient (Wildman–Crippen LogP) is 6.89. The Hall–Kier alpha value is -0.0800. The molecule has 5 rings (SSSR count). The largest absolute Gasteiger partial charge is 0.390 e. The van der Waals surface area contributed by atoms with E-state index in [4.69, 9.17) is 4.74 Å². The number of fused-ring (bicyclic) bond motifs is 4. The third-order valence-corrected chi connectivity index (χ3v) is 11.2. The molecule has 1 spiro atoms. The maximum Gasteiger partial charge on any atom is 0.114 e. The van der Waals surface area contributed by atoms with E-state index in [-0.39, 0.29) is 17.8 Å². The fourth-order valence-corrected chi connectivity index (χ4v) is 9.45. The van der Waals surface area contributed by atoms with Gasteiger partial charge in [-0.05, 0) is 86.9 Å². The first-order valence-corrected chi connectivity index (χ1v) is 13.3. The molecule has 9 atom stereocenters. The monoisotopic (exact) mass is 402 g/mol. The molecular weight excluding hydrogens is 356 g/mol. The Morgan fingerprint density at radius 1 is 0.828 bits per heavy atom. The van der Waals surface area contributed by atoms with Crippen molar-refractivity contribution < 1.29 is 9.84 Å². The first kappa shape index (κ1) is 20.8. The van der Waals surface area contributed by atoms with Crippen molar-refractivity contribution in [3.05, 3.63) is 0 Å². The second-order valence-electron chi connectivity index (χ2n) is 12.2. The first-order valence-electron chi connectivity index (χ1n) is 13.3. The average molecular weight is 403 g/mol. The van der Waals surface area contributed by atoms with Gasteiger partial charge in [-0.3, -0.25) is 0 Å². The molecule has 3 unspecified atom stereocenters. The van der Waals surface area contributed by atoms with E-state index < -0.39 is 0 Å². The van der Waals surface area contributed by atoms with E-state index in [1.165, 1.54) is 89.9 Å². The lowest BCUT2D eigenvalue weighted by Gasteiger charge is -2.60. The zero-order chi connectivity index (χ0) is 20.3. The molecule has 166 valence electrons. The second-order valence-corrected chi connectivity index (χ2v) is 12.2. The van der Waals surface area contributed by atoms with Gasteiger partial charge in [0.25, 0.3) is 0 Å². The van der Waals surface area contributed by atoms with Crippen molar-refractivity contribution in [2.45, 2.75) is 135 Å². The highest BCUT2D eigenvalue weighted by atomic mass is 16.6. The van der Waals surface area contributed by atoms with E-state index in [1.54, 1.807) is 0 Å². The van der Waals surface area contributed by atoms with Gasteiger partial charge in [0.1, 0.15) is 11.7 Å². The molecule has 0 amide bonds. The molecule has 2 heteroatoms. The maximum absolute atomic E-state index is 10.4. The number of rotatable bonds is 7. The molecule has 0 aromatic heterocycles. The van der Waals surface area contributed by atoms with Crippen LogP contribution < -0.4 is 0 Å². The summed E-state index contributed by atoms with van der Waals surface area (Å²) in [4.78, 5) is 0. The van der Waals surface area contributed by atoms with Crippen molar-refractivity contribution in [2.75, 3.05) is 0 Å². The summed E-state index contributed by atoms with van der Waals surface area (Å²) in [5, 5.41) is 10.4. The zero-order valence-corrected chi connectivity index (χ0v) is 19.4. The van der Waals surface area contributed by atoms with E-state index >= 15 is 0 Å². The molecular formula is C27H46O2. The van der Waals surface area contributed by atoms with Crippen molar-refractivity contribution >= 4 is 0 Å². The lowest BCUT2D eigenvalue weighted by atomic mass is 9.44. The van der Waals surface area contributed by atoms with Gasteiger partial charge in [0.05, 0.1) is 6.10 Å². The molecule has 0 aromatic carbocycles. The van der Waals surface area contributed by atoms with Gasteiger partial charge in [0, 0.05) is 5.41 Å². The van der Waals surface area contributed by atoms with E-state index in [9.17, 15) is 5.11 Å². The van der Waals surface area contributed by atoms with Crippen molar-refractivity contribution in [3.63, 3.8) is 0 Å². The molecule has 4 aliphatic carbocycles. The van der Waals surface area contributed by atoms with E-state index in [0.29, 0.717) is 10.8 Å². The molecule has 0 bridgehead atoms. The Morgan fingerprint density at radius 3 is 2.45 bits per heavy atom. The summed E-state index contributed by atoms with van der Waals surface area (Å²) in [7, 11) is 0. The van der Waals surface area contributed by atoms with Crippen molar-refractivity contribution in [2.24, 2.45) is 34.5 Å². The fourth-order valence-electron chi connectivity index (χ4n) is 9.45. The number of hydrogen-bond acceptors (Lipinski definition) is 2. The van der Waals surface area contributed by atoms with Crippen LogP contribution in [0.3, 0.4) is 0 Å². The Balaban J connectivity index is 1.24. The number of hydrogen-bond donors (Lipinski definition) is 1. The zero-order valence-electron chi connectivity index (χ0n) is 19.4. The second kappa shape index (κ2) is 7.51. The van der Waals surface area contributed by atoms with Crippen molar-refractivity contribution in [1.82, 2.24) is 0 Å². The van der Waals surface area contributed by atoms with Crippen LogP contribution in [0.25, 0.3) is 0 Å². The third-order valence-electron chi connectivity index (χ3n) is 11.2. The molecule has 1 saturated heterocycles. The van der Waals surface area contributed by atoms with Gasteiger partial charge in [0.2, 0.25) is 0 Å². The minimum Gasteiger partial charge on any atom is -0.390 e. The molecule has 0 radical (unpaired) electrons. The third kappa shape index (κ3) is 3.01.